The van der Waals surface area contributed by atoms with Crippen molar-refractivity contribution in [2.75, 3.05) is 6.54 Å². The fourth-order valence-electron chi connectivity index (χ4n) is 1.45. The van der Waals surface area contributed by atoms with Crippen LogP contribution in [0.3, 0.4) is 0 Å². The number of rotatable bonds is 0. The Morgan fingerprint density at radius 1 is 1.00 bits per heavy atom. The van der Waals surface area contributed by atoms with E-state index in [0.29, 0.717) is 0 Å². The van der Waals surface area contributed by atoms with E-state index in [9.17, 15) is 0 Å². The quantitative estimate of drug-likeness (QED) is 0.579. The van der Waals surface area contributed by atoms with Crippen LogP contribution in [0.2, 0.25) is 0 Å². The maximum atomic E-state index is 4.50. The van der Waals surface area contributed by atoms with Crippen LogP contribution < -0.4 is 10.6 Å². The molecule has 1 heteroatoms. The Kier molecular flexibility index (Phi) is 2.92. The smallest absolute Gasteiger partial charge is 0.0647 e. The predicted molar refractivity (Wildman–Crippen MR) is 59.5 cm³/mol. The molecule has 0 radical (unpaired) electrons. The Morgan fingerprint density at radius 3 is 2.86 bits per heavy atom. The largest absolute Gasteiger partial charge is 0.281 e. The van der Waals surface area contributed by atoms with E-state index in [4.69, 9.17) is 0 Å². The first-order chi connectivity index (χ1) is 6.97. The normalized spacial score (nSPS) is 17.6. The lowest BCUT2D eigenvalue weighted by Crippen LogP contribution is -2.24. The van der Waals surface area contributed by atoms with E-state index >= 15 is 0 Å². The first-order valence-electron chi connectivity index (χ1n) is 4.88. The molecule has 0 fully saturated rings. The van der Waals surface area contributed by atoms with Gasteiger partial charge in [0.15, 0.2) is 0 Å². The second-order valence-corrected chi connectivity index (χ2v) is 3.20. The summed E-state index contributed by atoms with van der Waals surface area (Å²) < 4.78 is 0. The Bertz CT molecular complexity index is 421. The maximum absolute atomic E-state index is 4.50. The molecule has 0 aliphatic carbocycles. The second kappa shape index (κ2) is 4.56. The molecule has 0 unspecified atom stereocenters. The summed E-state index contributed by atoms with van der Waals surface area (Å²) in [7, 11) is 0. The summed E-state index contributed by atoms with van der Waals surface area (Å²) in [5.74, 6) is 0. The SMILES string of the molecule is C1=CC/C=c2/ccccc2=NCC=C1. The molecule has 1 heterocycles. The van der Waals surface area contributed by atoms with E-state index < -0.39 is 0 Å². The van der Waals surface area contributed by atoms with Crippen LogP contribution in [-0.4, -0.2) is 6.54 Å². The molecule has 0 aromatic heterocycles. The van der Waals surface area contributed by atoms with Gasteiger partial charge in [-0.3, -0.25) is 4.99 Å². The average molecular weight is 183 g/mol. The van der Waals surface area contributed by atoms with Crippen LogP contribution in [-0.2, 0) is 0 Å². The molecule has 0 saturated carbocycles. The number of hydrogen-bond donors (Lipinski definition) is 0. The van der Waals surface area contributed by atoms with Gasteiger partial charge in [0.25, 0.3) is 0 Å². The molecule has 0 amide bonds. The van der Waals surface area contributed by atoms with Crippen LogP contribution >= 0.6 is 0 Å². The van der Waals surface area contributed by atoms with E-state index in [1.807, 2.05) is 12.1 Å². The minimum absolute atomic E-state index is 0.759. The third kappa shape index (κ3) is 2.19. The van der Waals surface area contributed by atoms with Crippen LogP contribution in [0.1, 0.15) is 6.42 Å². The number of allylic oxidation sites excluding steroid dienone is 3. The van der Waals surface area contributed by atoms with E-state index in [1.165, 1.54) is 5.22 Å². The molecule has 2 rings (SSSR count). The predicted octanol–water partition coefficient (Wildman–Crippen LogP) is 1.60. The van der Waals surface area contributed by atoms with Gasteiger partial charge < -0.3 is 0 Å². The van der Waals surface area contributed by atoms with Gasteiger partial charge in [0.2, 0.25) is 0 Å². The van der Waals surface area contributed by atoms with Crippen molar-refractivity contribution in [2.45, 2.75) is 6.42 Å². The highest BCUT2D eigenvalue weighted by atomic mass is 14.7. The van der Waals surface area contributed by atoms with Gasteiger partial charge in [-0.15, -0.1) is 0 Å². The number of benzene rings is 1. The minimum Gasteiger partial charge on any atom is -0.281 e. The van der Waals surface area contributed by atoms with Gasteiger partial charge in [0.05, 0.1) is 11.9 Å². The highest BCUT2D eigenvalue weighted by Gasteiger charge is 1.85. The second-order valence-electron chi connectivity index (χ2n) is 3.20. The van der Waals surface area contributed by atoms with Crippen LogP contribution in [0.5, 0.6) is 0 Å². The lowest BCUT2D eigenvalue weighted by molar-refractivity contribution is 1.13. The molecule has 0 atom stereocenters. The summed E-state index contributed by atoms with van der Waals surface area (Å²) in [6.07, 6.45) is 11.5. The van der Waals surface area contributed by atoms with Gasteiger partial charge in [-0.1, -0.05) is 48.6 Å². The number of hydrogen-bond acceptors (Lipinski definition) is 1. The lowest BCUT2D eigenvalue weighted by Gasteiger charge is -1.91. The molecule has 70 valence electrons. The van der Waals surface area contributed by atoms with Crippen molar-refractivity contribution < 1.29 is 0 Å². The standard InChI is InChI=1S/C13H13N/c1-2-4-8-12-9-5-6-10-13(12)14-11-7-3-1/h1-3,5-10H,4,11H2/b2-1?,7-3?,12-8-,14-13?. The summed E-state index contributed by atoms with van der Waals surface area (Å²) in [4.78, 5) is 4.50. The summed E-state index contributed by atoms with van der Waals surface area (Å²) >= 11 is 0. The molecule has 1 aromatic rings. The molecule has 0 bridgehead atoms. The zero-order chi connectivity index (χ0) is 9.64. The third-order valence-electron chi connectivity index (χ3n) is 2.16. The summed E-state index contributed by atoms with van der Waals surface area (Å²) in [5.41, 5.74) is 0. The highest BCUT2D eigenvalue weighted by molar-refractivity contribution is 5.27. The van der Waals surface area contributed by atoms with Crippen LogP contribution in [0.25, 0.3) is 6.08 Å². The molecule has 1 aliphatic rings. The minimum atomic E-state index is 0.759. The van der Waals surface area contributed by atoms with E-state index in [0.717, 1.165) is 18.3 Å². The number of nitrogens with zero attached hydrogens (tertiary/aromatic N) is 1. The summed E-state index contributed by atoms with van der Waals surface area (Å²) in [5, 5.41) is 2.32. The molecule has 1 nitrogen and oxygen atoms in total. The maximum Gasteiger partial charge on any atom is 0.0647 e. The summed E-state index contributed by atoms with van der Waals surface area (Å²) in [6, 6.07) is 8.25. The molecule has 1 aliphatic heterocycles. The van der Waals surface area contributed by atoms with Gasteiger partial charge >= 0.3 is 0 Å². The molecule has 1 aromatic carbocycles. The van der Waals surface area contributed by atoms with Crippen LogP contribution in [0, 0.1) is 0 Å². The first-order valence-corrected chi connectivity index (χ1v) is 4.88. The van der Waals surface area contributed by atoms with Gasteiger partial charge in [0.1, 0.15) is 0 Å². The van der Waals surface area contributed by atoms with Crippen molar-refractivity contribution in [3.05, 3.63) is 59.1 Å². The third-order valence-corrected chi connectivity index (χ3v) is 2.16. The monoisotopic (exact) mass is 183 g/mol. The number of para-hydroxylation sites is 1. The lowest BCUT2D eigenvalue weighted by atomic mass is 10.2. The highest BCUT2D eigenvalue weighted by Crippen LogP contribution is 1.87. The summed E-state index contributed by atoms with van der Waals surface area (Å²) in [6.45, 7) is 0.759. The van der Waals surface area contributed by atoms with Crippen molar-refractivity contribution in [2.24, 2.45) is 4.99 Å². The van der Waals surface area contributed by atoms with Gasteiger partial charge in [-0.25, -0.2) is 0 Å². The van der Waals surface area contributed by atoms with E-state index in [2.05, 4.69) is 47.5 Å². The Balaban J connectivity index is 2.54. The van der Waals surface area contributed by atoms with E-state index in [-0.39, 0.29) is 0 Å². The van der Waals surface area contributed by atoms with Crippen LogP contribution in [0.4, 0.5) is 0 Å². The number of fused-ring (bicyclic) bond motifs is 1. The Morgan fingerprint density at radius 2 is 1.86 bits per heavy atom. The molecular weight excluding hydrogens is 170 g/mol. The van der Waals surface area contributed by atoms with Crippen molar-refractivity contribution >= 4 is 6.08 Å². The molecule has 14 heavy (non-hydrogen) atoms. The molecular formula is C13H13N. The van der Waals surface area contributed by atoms with Crippen LogP contribution in [0.15, 0.2) is 53.6 Å². The zero-order valence-electron chi connectivity index (χ0n) is 8.06. The zero-order valence-corrected chi connectivity index (χ0v) is 8.06. The fourth-order valence-corrected chi connectivity index (χ4v) is 1.45. The van der Waals surface area contributed by atoms with Crippen molar-refractivity contribution in [1.29, 1.82) is 0 Å². The topological polar surface area (TPSA) is 12.4 Å². The average Bonchev–Trinajstić information content (AvgIpc) is 2.25. The fraction of sp³-hybridized carbons (Fsp3) is 0.154. The van der Waals surface area contributed by atoms with Gasteiger partial charge in [-0.05, 0) is 17.7 Å². The molecule has 0 saturated heterocycles. The Hall–Kier alpha value is -1.63. The first kappa shape index (κ1) is 8.95. The Labute approximate surface area is 83.8 Å². The van der Waals surface area contributed by atoms with Crippen molar-refractivity contribution in [1.82, 2.24) is 0 Å². The molecule has 0 N–H and O–H groups in total. The van der Waals surface area contributed by atoms with Crippen molar-refractivity contribution in [3.63, 3.8) is 0 Å². The molecule has 0 spiro atoms. The van der Waals surface area contributed by atoms with Gasteiger partial charge in [-0.2, -0.15) is 0 Å². The van der Waals surface area contributed by atoms with Crippen molar-refractivity contribution in [3.8, 4) is 0 Å². The van der Waals surface area contributed by atoms with Gasteiger partial charge in [0, 0.05) is 0 Å². The van der Waals surface area contributed by atoms with E-state index in [1.54, 1.807) is 0 Å².